The highest BCUT2D eigenvalue weighted by molar-refractivity contribution is 5.95. The standard InChI is InChI=1S/C12H18N4O2.2ClH/c1-8(2)7-10(13)12(18)16-15-11(17)9-3-5-14-6-4-9;;/h3-6,8,10H,7,13H2,1-2H3,(H,15,17)(H,16,18);2*1H. The van der Waals surface area contributed by atoms with Crippen LogP contribution in [0.5, 0.6) is 0 Å². The van der Waals surface area contributed by atoms with Gasteiger partial charge in [-0.15, -0.1) is 24.8 Å². The van der Waals surface area contributed by atoms with Crippen molar-refractivity contribution in [3.8, 4) is 0 Å². The molecule has 0 aliphatic heterocycles. The number of aromatic nitrogens is 1. The second kappa shape index (κ2) is 10.4. The molecule has 1 atom stereocenters. The number of carbonyl (C=O) groups is 2. The van der Waals surface area contributed by atoms with Gasteiger partial charge < -0.3 is 5.73 Å². The first-order valence-corrected chi connectivity index (χ1v) is 5.76. The molecule has 2 amide bonds. The highest BCUT2D eigenvalue weighted by atomic mass is 35.5. The average molecular weight is 323 g/mol. The zero-order chi connectivity index (χ0) is 13.5. The fourth-order valence-electron chi connectivity index (χ4n) is 1.40. The quantitative estimate of drug-likeness (QED) is 0.722. The van der Waals surface area contributed by atoms with Gasteiger partial charge in [0.2, 0.25) is 0 Å². The lowest BCUT2D eigenvalue weighted by Gasteiger charge is -2.14. The third kappa shape index (κ3) is 7.28. The molecule has 0 radical (unpaired) electrons. The second-order valence-electron chi connectivity index (χ2n) is 4.42. The van der Waals surface area contributed by atoms with E-state index in [4.69, 9.17) is 5.73 Å². The number of nitrogens with one attached hydrogen (secondary N) is 2. The predicted molar refractivity (Wildman–Crippen MR) is 81.8 cm³/mol. The van der Waals surface area contributed by atoms with Crippen LogP contribution >= 0.6 is 24.8 Å². The molecule has 0 saturated carbocycles. The molecule has 1 rings (SSSR count). The van der Waals surface area contributed by atoms with Crippen LogP contribution < -0.4 is 16.6 Å². The van der Waals surface area contributed by atoms with Crippen molar-refractivity contribution in [1.82, 2.24) is 15.8 Å². The van der Waals surface area contributed by atoms with E-state index in [-0.39, 0.29) is 24.8 Å². The molecule has 20 heavy (non-hydrogen) atoms. The summed E-state index contributed by atoms with van der Waals surface area (Å²) in [7, 11) is 0. The Kier molecular flexibility index (Phi) is 10.9. The average Bonchev–Trinajstić information content (AvgIpc) is 2.35. The Balaban J connectivity index is 0. The highest BCUT2D eigenvalue weighted by Gasteiger charge is 2.15. The molecule has 0 aliphatic rings. The van der Waals surface area contributed by atoms with Crippen molar-refractivity contribution in [3.63, 3.8) is 0 Å². The number of pyridine rings is 1. The summed E-state index contributed by atoms with van der Waals surface area (Å²) in [5.74, 6) is -0.477. The summed E-state index contributed by atoms with van der Waals surface area (Å²) in [5, 5.41) is 0. The third-order valence-electron chi connectivity index (χ3n) is 2.30. The van der Waals surface area contributed by atoms with Crippen LogP contribution in [0.2, 0.25) is 0 Å². The molecule has 0 saturated heterocycles. The van der Waals surface area contributed by atoms with Gasteiger partial charge in [-0.1, -0.05) is 13.8 Å². The third-order valence-corrected chi connectivity index (χ3v) is 2.30. The first-order valence-electron chi connectivity index (χ1n) is 5.76. The number of rotatable bonds is 4. The minimum absolute atomic E-state index is 0. The molecule has 8 heteroatoms. The lowest BCUT2D eigenvalue weighted by atomic mass is 10.0. The van der Waals surface area contributed by atoms with Gasteiger partial charge in [-0.05, 0) is 24.5 Å². The molecule has 0 aromatic carbocycles. The van der Waals surface area contributed by atoms with Gasteiger partial charge in [-0.2, -0.15) is 0 Å². The number of hydrogen-bond acceptors (Lipinski definition) is 4. The van der Waals surface area contributed by atoms with Gasteiger partial charge in [0.25, 0.3) is 11.8 Å². The number of nitrogens with zero attached hydrogens (tertiary/aromatic N) is 1. The number of carbonyl (C=O) groups excluding carboxylic acids is 2. The fraction of sp³-hybridized carbons (Fsp3) is 0.417. The monoisotopic (exact) mass is 322 g/mol. The summed E-state index contributed by atoms with van der Waals surface area (Å²) in [4.78, 5) is 26.9. The molecule has 0 aliphatic carbocycles. The maximum absolute atomic E-state index is 11.6. The van der Waals surface area contributed by atoms with Crippen LogP contribution in [0.4, 0.5) is 0 Å². The molecule has 1 aromatic rings. The predicted octanol–water partition coefficient (Wildman–Crippen LogP) is 1.06. The van der Waals surface area contributed by atoms with Gasteiger partial charge in [-0.3, -0.25) is 25.4 Å². The first-order chi connectivity index (χ1) is 8.50. The first kappa shape index (κ1) is 20.9. The molecule has 0 spiro atoms. The van der Waals surface area contributed by atoms with E-state index < -0.39 is 17.9 Å². The van der Waals surface area contributed by atoms with Crippen molar-refractivity contribution in [2.24, 2.45) is 11.7 Å². The SMILES string of the molecule is CC(C)CC(N)C(=O)NNC(=O)c1ccncc1.Cl.Cl. The molecule has 1 aromatic heterocycles. The van der Waals surface area contributed by atoms with E-state index in [9.17, 15) is 9.59 Å². The van der Waals surface area contributed by atoms with Crippen LogP contribution in [-0.4, -0.2) is 22.8 Å². The van der Waals surface area contributed by atoms with Gasteiger partial charge in [0.05, 0.1) is 6.04 Å². The molecule has 0 bridgehead atoms. The van der Waals surface area contributed by atoms with E-state index in [1.54, 1.807) is 12.1 Å². The van der Waals surface area contributed by atoms with Crippen molar-refractivity contribution in [3.05, 3.63) is 30.1 Å². The molecule has 114 valence electrons. The highest BCUT2D eigenvalue weighted by Crippen LogP contribution is 2.02. The largest absolute Gasteiger partial charge is 0.320 e. The summed E-state index contributed by atoms with van der Waals surface area (Å²) in [5.41, 5.74) is 10.7. The van der Waals surface area contributed by atoms with E-state index >= 15 is 0 Å². The van der Waals surface area contributed by atoms with Gasteiger partial charge in [0, 0.05) is 18.0 Å². The molecule has 1 heterocycles. The smallest absolute Gasteiger partial charge is 0.269 e. The zero-order valence-corrected chi connectivity index (χ0v) is 13.0. The Bertz CT molecular complexity index is 415. The van der Waals surface area contributed by atoms with Crippen LogP contribution in [0.15, 0.2) is 24.5 Å². The van der Waals surface area contributed by atoms with Gasteiger partial charge in [-0.25, -0.2) is 0 Å². The topological polar surface area (TPSA) is 97.1 Å². The summed E-state index contributed by atoms with van der Waals surface area (Å²) in [6.07, 6.45) is 3.57. The van der Waals surface area contributed by atoms with E-state index in [1.165, 1.54) is 12.4 Å². The number of halogens is 2. The molecule has 4 N–H and O–H groups in total. The van der Waals surface area contributed by atoms with Gasteiger partial charge in [0.15, 0.2) is 0 Å². The van der Waals surface area contributed by atoms with E-state index in [2.05, 4.69) is 15.8 Å². The van der Waals surface area contributed by atoms with Gasteiger partial charge in [0.1, 0.15) is 0 Å². The molecule has 0 fully saturated rings. The maximum atomic E-state index is 11.6. The van der Waals surface area contributed by atoms with Crippen molar-refractivity contribution in [1.29, 1.82) is 0 Å². The summed E-state index contributed by atoms with van der Waals surface area (Å²) in [6.45, 7) is 3.95. The summed E-state index contributed by atoms with van der Waals surface area (Å²) >= 11 is 0. The summed E-state index contributed by atoms with van der Waals surface area (Å²) < 4.78 is 0. The van der Waals surface area contributed by atoms with Crippen LogP contribution in [-0.2, 0) is 4.79 Å². The van der Waals surface area contributed by atoms with Crippen LogP contribution in [0.25, 0.3) is 0 Å². The minimum atomic E-state index is -0.622. The van der Waals surface area contributed by atoms with Crippen molar-refractivity contribution in [2.45, 2.75) is 26.3 Å². The van der Waals surface area contributed by atoms with Crippen LogP contribution in [0.3, 0.4) is 0 Å². The number of hydrogen-bond donors (Lipinski definition) is 3. The van der Waals surface area contributed by atoms with Crippen LogP contribution in [0, 0.1) is 5.92 Å². The number of nitrogens with two attached hydrogens (primary N) is 1. The normalized spacial score (nSPS) is 10.8. The Morgan fingerprint density at radius 1 is 1.20 bits per heavy atom. The fourth-order valence-corrected chi connectivity index (χ4v) is 1.40. The van der Waals surface area contributed by atoms with Crippen LogP contribution in [0.1, 0.15) is 30.6 Å². The lowest BCUT2D eigenvalue weighted by Crippen LogP contribution is -2.49. The maximum Gasteiger partial charge on any atom is 0.269 e. The number of amides is 2. The summed E-state index contributed by atoms with van der Waals surface area (Å²) in [6, 6.07) is 2.48. The van der Waals surface area contributed by atoms with Crippen molar-refractivity contribution < 1.29 is 9.59 Å². The van der Waals surface area contributed by atoms with E-state index in [0.717, 1.165) is 0 Å². The zero-order valence-electron chi connectivity index (χ0n) is 11.3. The second-order valence-corrected chi connectivity index (χ2v) is 4.42. The van der Waals surface area contributed by atoms with E-state index in [1.807, 2.05) is 13.8 Å². The Labute approximate surface area is 130 Å². The van der Waals surface area contributed by atoms with Crippen molar-refractivity contribution >= 4 is 36.6 Å². The van der Waals surface area contributed by atoms with Crippen molar-refractivity contribution in [2.75, 3.05) is 0 Å². The Morgan fingerprint density at radius 3 is 2.25 bits per heavy atom. The molecule has 6 nitrogen and oxygen atoms in total. The Morgan fingerprint density at radius 2 is 1.75 bits per heavy atom. The minimum Gasteiger partial charge on any atom is -0.320 e. The van der Waals surface area contributed by atoms with E-state index in [0.29, 0.717) is 17.9 Å². The number of hydrazine groups is 1. The lowest BCUT2D eigenvalue weighted by molar-refractivity contribution is -0.123. The molecular weight excluding hydrogens is 303 g/mol. The van der Waals surface area contributed by atoms with Gasteiger partial charge >= 0.3 is 0 Å². The Hall–Kier alpha value is -1.37. The molecule has 1 unspecified atom stereocenters. The molecular formula is C12H20Cl2N4O2.